The van der Waals surface area contributed by atoms with Crippen LogP contribution in [0.3, 0.4) is 0 Å². The Morgan fingerprint density at radius 1 is 1.31 bits per heavy atom. The predicted octanol–water partition coefficient (Wildman–Crippen LogP) is 2.00. The van der Waals surface area contributed by atoms with Gasteiger partial charge in [-0.25, -0.2) is 9.98 Å². The molecule has 1 aromatic heterocycles. The molecule has 2 N–H and O–H groups in total. The fourth-order valence-corrected chi connectivity index (χ4v) is 4.36. The highest BCUT2D eigenvalue weighted by Gasteiger charge is 2.42. The number of guanidine groups is 1. The van der Waals surface area contributed by atoms with E-state index in [1.54, 1.807) is 6.20 Å². The fourth-order valence-electron chi connectivity index (χ4n) is 4.36. The molecule has 2 fully saturated rings. The van der Waals surface area contributed by atoms with Crippen molar-refractivity contribution in [3.63, 3.8) is 0 Å². The molecule has 2 aliphatic rings. The highest BCUT2D eigenvalue weighted by Crippen LogP contribution is 2.36. The van der Waals surface area contributed by atoms with Crippen molar-refractivity contribution in [2.75, 3.05) is 26.2 Å². The molecule has 2 aromatic rings. The maximum absolute atomic E-state index is 11.8. The van der Waals surface area contributed by atoms with Gasteiger partial charge in [-0.15, -0.1) is 0 Å². The highest BCUT2D eigenvalue weighted by molar-refractivity contribution is 5.81. The summed E-state index contributed by atoms with van der Waals surface area (Å²) in [5.74, 6) is 1.14. The van der Waals surface area contributed by atoms with Gasteiger partial charge in [0.05, 0.1) is 12.9 Å². The summed E-state index contributed by atoms with van der Waals surface area (Å²) in [7, 11) is 0. The molecule has 154 valence electrons. The molecule has 0 radical (unpaired) electrons. The maximum Gasteiger partial charge on any atom is 0.220 e. The van der Waals surface area contributed by atoms with Crippen molar-refractivity contribution in [3.8, 4) is 0 Å². The largest absolute Gasteiger partial charge is 0.357 e. The second-order valence-corrected chi connectivity index (χ2v) is 8.20. The van der Waals surface area contributed by atoms with Crippen molar-refractivity contribution in [1.82, 2.24) is 25.1 Å². The van der Waals surface area contributed by atoms with Crippen LogP contribution in [0, 0.1) is 5.41 Å². The van der Waals surface area contributed by atoms with Crippen molar-refractivity contribution < 1.29 is 4.79 Å². The van der Waals surface area contributed by atoms with E-state index in [0.29, 0.717) is 13.0 Å². The number of aliphatic imine (C=N–C) groups is 1. The van der Waals surface area contributed by atoms with Crippen LogP contribution < -0.4 is 10.6 Å². The van der Waals surface area contributed by atoms with E-state index in [-0.39, 0.29) is 11.3 Å². The third kappa shape index (κ3) is 4.78. The number of amides is 1. The summed E-state index contributed by atoms with van der Waals surface area (Å²) in [6.45, 7) is 7.08. The number of aromatic nitrogens is 2. The van der Waals surface area contributed by atoms with E-state index in [0.717, 1.165) is 51.5 Å². The van der Waals surface area contributed by atoms with Crippen LogP contribution >= 0.6 is 0 Å². The second kappa shape index (κ2) is 8.68. The summed E-state index contributed by atoms with van der Waals surface area (Å²) in [4.78, 5) is 23.1. The van der Waals surface area contributed by atoms with Crippen LogP contribution in [-0.2, 0) is 17.9 Å². The first-order chi connectivity index (χ1) is 14.2. The van der Waals surface area contributed by atoms with Crippen molar-refractivity contribution in [1.29, 1.82) is 0 Å². The minimum Gasteiger partial charge on any atom is -0.357 e. The van der Waals surface area contributed by atoms with Crippen LogP contribution in [-0.4, -0.2) is 52.5 Å². The molecular weight excluding hydrogens is 364 g/mol. The van der Waals surface area contributed by atoms with Crippen molar-refractivity contribution in [2.45, 2.75) is 39.3 Å². The van der Waals surface area contributed by atoms with Gasteiger partial charge in [-0.05, 0) is 30.9 Å². The molecule has 1 aromatic carbocycles. The zero-order valence-electron chi connectivity index (χ0n) is 17.1. The topological polar surface area (TPSA) is 74.6 Å². The van der Waals surface area contributed by atoms with E-state index in [1.165, 1.54) is 11.1 Å². The smallest absolute Gasteiger partial charge is 0.220 e. The molecule has 1 spiro atoms. The SMILES string of the molecule is CCNC(=NCc1ccc(Cn2ccnc2)cc1)N1CCCC2(CNC(=O)C2)C1. The molecule has 3 heterocycles. The van der Waals surface area contributed by atoms with E-state index in [2.05, 4.69) is 56.3 Å². The number of carbonyl (C=O) groups excluding carboxylic acids is 1. The van der Waals surface area contributed by atoms with Gasteiger partial charge >= 0.3 is 0 Å². The van der Waals surface area contributed by atoms with Crippen LogP contribution in [0.1, 0.15) is 37.3 Å². The lowest BCUT2D eigenvalue weighted by Crippen LogP contribution is -2.51. The van der Waals surface area contributed by atoms with E-state index >= 15 is 0 Å². The molecule has 2 saturated heterocycles. The van der Waals surface area contributed by atoms with Crippen LogP contribution in [0.5, 0.6) is 0 Å². The Morgan fingerprint density at radius 2 is 2.14 bits per heavy atom. The Morgan fingerprint density at radius 3 is 2.83 bits per heavy atom. The van der Waals surface area contributed by atoms with Gasteiger partial charge in [0.25, 0.3) is 0 Å². The van der Waals surface area contributed by atoms with Crippen molar-refractivity contribution >= 4 is 11.9 Å². The summed E-state index contributed by atoms with van der Waals surface area (Å²) >= 11 is 0. The molecule has 7 heteroatoms. The molecular formula is C22H30N6O. The highest BCUT2D eigenvalue weighted by atomic mass is 16.1. The molecule has 2 aliphatic heterocycles. The van der Waals surface area contributed by atoms with E-state index in [9.17, 15) is 4.79 Å². The van der Waals surface area contributed by atoms with Gasteiger partial charge in [-0.1, -0.05) is 24.3 Å². The Bertz CT molecular complexity index is 845. The Labute approximate surface area is 172 Å². The van der Waals surface area contributed by atoms with Gasteiger partial charge in [0, 0.05) is 57.0 Å². The molecule has 0 saturated carbocycles. The molecule has 1 amide bonds. The Hall–Kier alpha value is -2.83. The van der Waals surface area contributed by atoms with Crippen LogP contribution in [0.25, 0.3) is 0 Å². The number of benzene rings is 1. The van der Waals surface area contributed by atoms with E-state index in [1.807, 2.05) is 12.5 Å². The minimum atomic E-state index is 0.0699. The first-order valence-corrected chi connectivity index (χ1v) is 10.5. The first-order valence-electron chi connectivity index (χ1n) is 10.5. The molecule has 4 rings (SSSR count). The van der Waals surface area contributed by atoms with Crippen LogP contribution in [0.2, 0.25) is 0 Å². The number of nitrogens with zero attached hydrogens (tertiary/aromatic N) is 4. The lowest BCUT2D eigenvalue weighted by Gasteiger charge is -2.40. The Kier molecular flexibility index (Phi) is 5.83. The first kappa shape index (κ1) is 19.5. The number of imidazole rings is 1. The quantitative estimate of drug-likeness (QED) is 0.601. The summed E-state index contributed by atoms with van der Waals surface area (Å²) in [6.07, 6.45) is 8.46. The van der Waals surface area contributed by atoms with Crippen LogP contribution in [0.15, 0.2) is 48.0 Å². The average Bonchev–Trinajstić information content (AvgIpc) is 3.36. The van der Waals surface area contributed by atoms with Gasteiger partial charge in [0.15, 0.2) is 5.96 Å². The summed E-state index contributed by atoms with van der Waals surface area (Å²) in [5.41, 5.74) is 2.51. The maximum atomic E-state index is 11.8. The average molecular weight is 395 g/mol. The number of rotatable bonds is 5. The number of carbonyl (C=O) groups is 1. The zero-order valence-corrected chi connectivity index (χ0v) is 17.1. The third-order valence-corrected chi connectivity index (χ3v) is 5.85. The summed E-state index contributed by atoms with van der Waals surface area (Å²) in [6, 6.07) is 8.61. The third-order valence-electron chi connectivity index (χ3n) is 5.85. The normalized spacial score (nSPS) is 22.2. The summed E-state index contributed by atoms with van der Waals surface area (Å²) < 4.78 is 2.06. The van der Waals surface area contributed by atoms with Crippen LogP contribution in [0.4, 0.5) is 0 Å². The number of nitrogens with one attached hydrogen (secondary N) is 2. The lowest BCUT2D eigenvalue weighted by molar-refractivity contribution is -0.119. The van der Waals surface area contributed by atoms with Gasteiger partial charge in [-0.2, -0.15) is 0 Å². The molecule has 29 heavy (non-hydrogen) atoms. The van der Waals surface area contributed by atoms with Crippen molar-refractivity contribution in [3.05, 3.63) is 54.1 Å². The number of piperidine rings is 1. The van der Waals surface area contributed by atoms with E-state index in [4.69, 9.17) is 4.99 Å². The van der Waals surface area contributed by atoms with Gasteiger partial charge < -0.3 is 20.1 Å². The second-order valence-electron chi connectivity index (χ2n) is 8.20. The van der Waals surface area contributed by atoms with Gasteiger partial charge in [-0.3, -0.25) is 4.79 Å². The molecule has 1 atom stereocenters. The predicted molar refractivity (Wildman–Crippen MR) is 113 cm³/mol. The van der Waals surface area contributed by atoms with Gasteiger partial charge in [0.1, 0.15) is 0 Å². The fraction of sp³-hybridized carbons (Fsp3) is 0.500. The van der Waals surface area contributed by atoms with Gasteiger partial charge in [0.2, 0.25) is 5.91 Å². The number of hydrogen-bond donors (Lipinski definition) is 2. The number of likely N-dealkylation sites (tertiary alicyclic amines) is 1. The number of hydrogen-bond acceptors (Lipinski definition) is 3. The molecule has 1 unspecified atom stereocenters. The van der Waals surface area contributed by atoms with Crippen molar-refractivity contribution in [2.24, 2.45) is 10.4 Å². The monoisotopic (exact) mass is 394 g/mol. The summed E-state index contributed by atoms with van der Waals surface area (Å²) in [5, 5.41) is 6.46. The zero-order chi connectivity index (χ0) is 20.1. The molecule has 0 bridgehead atoms. The Balaban J connectivity index is 1.41. The molecule has 0 aliphatic carbocycles. The molecule has 7 nitrogen and oxygen atoms in total. The minimum absolute atomic E-state index is 0.0699. The standard InChI is InChI=1S/C22H30N6O/c1-2-24-21(28-10-3-8-22(16-28)12-20(29)26-15-22)25-13-18-4-6-19(7-5-18)14-27-11-9-23-17-27/h4-7,9,11,17H,2-3,8,10,12-16H2,1H3,(H,24,25)(H,26,29). The lowest BCUT2D eigenvalue weighted by atomic mass is 9.79. The van der Waals surface area contributed by atoms with E-state index < -0.39 is 0 Å².